The smallest absolute Gasteiger partial charge is 0.279 e. The van der Waals surface area contributed by atoms with E-state index in [2.05, 4.69) is 32.4 Å². The Hall–Kier alpha value is -1.51. The van der Waals surface area contributed by atoms with Crippen LogP contribution in [0.15, 0.2) is 12.1 Å². The van der Waals surface area contributed by atoms with E-state index in [0.29, 0.717) is 42.2 Å². The van der Waals surface area contributed by atoms with Gasteiger partial charge in [0.2, 0.25) is 5.75 Å². The normalized spacial score (nSPS) is 12.1. The number of benzene rings is 1. The Morgan fingerprint density at radius 1 is 0.893 bits per heavy atom. The molecule has 28 heavy (non-hydrogen) atoms. The summed E-state index contributed by atoms with van der Waals surface area (Å²) in [7, 11) is 1.00. The lowest BCUT2D eigenvalue weighted by Gasteiger charge is -2.24. The van der Waals surface area contributed by atoms with Gasteiger partial charge in [-0.15, -0.1) is 0 Å². The average Bonchev–Trinajstić information content (AvgIpc) is 2.64. The fourth-order valence-electron chi connectivity index (χ4n) is 2.66. The first-order chi connectivity index (χ1) is 13.1. The Morgan fingerprint density at radius 3 is 1.71 bits per heavy atom. The van der Waals surface area contributed by atoms with Crippen LogP contribution in [0.2, 0.25) is 0 Å². The third kappa shape index (κ3) is 7.48. The molecule has 0 saturated heterocycles. The molecule has 0 saturated carbocycles. The number of hydrogen-bond donors (Lipinski definition) is 1. The summed E-state index contributed by atoms with van der Waals surface area (Å²) in [6.07, 6.45) is 1.65. The van der Waals surface area contributed by atoms with Crippen molar-refractivity contribution in [3.8, 4) is 17.2 Å². The highest BCUT2D eigenvalue weighted by Crippen LogP contribution is 2.38. The molecule has 0 amide bonds. The van der Waals surface area contributed by atoms with Gasteiger partial charge in [0, 0.05) is 19.6 Å². The van der Waals surface area contributed by atoms with E-state index in [1.165, 1.54) is 21.3 Å². The van der Waals surface area contributed by atoms with E-state index in [1.54, 1.807) is 16.4 Å². The van der Waals surface area contributed by atoms with Crippen LogP contribution in [-0.2, 0) is 16.8 Å². The molecule has 8 heteroatoms. The lowest BCUT2D eigenvalue weighted by atomic mass is 10.1. The standard InChI is InChI=1S/C20H36N2O5S/c1-15(2)8-10-22(11-9-16(3)4)28(23,24)21-14-17-12-18(25-5)20(27-7)19(13-17)26-6/h12-13,15-16,21H,8-11,14H2,1-7H3. The number of ether oxygens (including phenoxy) is 3. The lowest BCUT2D eigenvalue weighted by Crippen LogP contribution is -2.42. The van der Waals surface area contributed by atoms with Crippen LogP contribution in [0.5, 0.6) is 17.2 Å². The fourth-order valence-corrected chi connectivity index (χ4v) is 3.88. The van der Waals surface area contributed by atoms with Crippen molar-refractivity contribution >= 4 is 10.2 Å². The maximum atomic E-state index is 12.9. The fraction of sp³-hybridized carbons (Fsp3) is 0.700. The van der Waals surface area contributed by atoms with Gasteiger partial charge < -0.3 is 14.2 Å². The minimum absolute atomic E-state index is 0.138. The topological polar surface area (TPSA) is 77.1 Å². The highest BCUT2D eigenvalue weighted by atomic mass is 32.2. The van der Waals surface area contributed by atoms with Crippen molar-refractivity contribution in [2.75, 3.05) is 34.4 Å². The lowest BCUT2D eigenvalue weighted by molar-refractivity contribution is 0.323. The van der Waals surface area contributed by atoms with Gasteiger partial charge in [0.1, 0.15) is 0 Å². The zero-order chi connectivity index (χ0) is 21.3. The Kier molecular flexibility index (Phi) is 10.1. The van der Waals surface area contributed by atoms with Crippen LogP contribution in [0, 0.1) is 11.8 Å². The quantitative estimate of drug-likeness (QED) is 0.533. The molecule has 0 fully saturated rings. The number of nitrogens with one attached hydrogen (secondary N) is 1. The van der Waals surface area contributed by atoms with Crippen LogP contribution in [0.4, 0.5) is 0 Å². The van der Waals surface area contributed by atoms with E-state index in [-0.39, 0.29) is 6.54 Å². The second-order valence-electron chi connectivity index (χ2n) is 7.62. The van der Waals surface area contributed by atoms with Crippen molar-refractivity contribution in [3.05, 3.63) is 17.7 Å². The Balaban J connectivity index is 2.96. The molecule has 0 heterocycles. The van der Waals surface area contributed by atoms with Crippen molar-refractivity contribution in [1.82, 2.24) is 9.03 Å². The first-order valence-electron chi connectivity index (χ1n) is 9.68. The molecule has 0 bridgehead atoms. The van der Waals surface area contributed by atoms with E-state index in [0.717, 1.165) is 18.4 Å². The summed E-state index contributed by atoms with van der Waals surface area (Å²) >= 11 is 0. The maximum absolute atomic E-state index is 12.9. The van der Waals surface area contributed by atoms with Crippen molar-refractivity contribution < 1.29 is 22.6 Å². The van der Waals surface area contributed by atoms with Crippen LogP contribution < -0.4 is 18.9 Å². The van der Waals surface area contributed by atoms with Crippen LogP contribution in [-0.4, -0.2) is 47.1 Å². The van der Waals surface area contributed by atoms with Crippen LogP contribution in [0.3, 0.4) is 0 Å². The predicted octanol–water partition coefficient (Wildman–Crippen LogP) is 3.44. The molecule has 0 aliphatic rings. The largest absolute Gasteiger partial charge is 0.493 e. The molecule has 1 rings (SSSR count). The molecule has 1 aromatic rings. The van der Waals surface area contributed by atoms with E-state index < -0.39 is 10.2 Å². The molecule has 1 N–H and O–H groups in total. The first kappa shape index (κ1) is 24.5. The van der Waals surface area contributed by atoms with Gasteiger partial charge in [-0.25, -0.2) is 0 Å². The SMILES string of the molecule is COc1cc(CNS(=O)(=O)N(CCC(C)C)CCC(C)C)cc(OC)c1OC. The summed E-state index contributed by atoms with van der Waals surface area (Å²) in [6.45, 7) is 9.53. The summed E-state index contributed by atoms with van der Waals surface area (Å²) in [5, 5.41) is 0. The predicted molar refractivity (Wildman–Crippen MR) is 112 cm³/mol. The summed E-state index contributed by atoms with van der Waals surface area (Å²) in [6, 6.07) is 3.49. The first-order valence-corrected chi connectivity index (χ1v) is 11.1. The Bertz CT molecular complexity index is 668. The summed E-state index contributed by atoms with van der Waals surface area (Å²) in [4.78, 5) is 0. The number of rotatable bonds is 13. The molecule has 162 valence electrons. The number of nitrogens with zero attached hydrogens (tertiary/aromatic N) is 1. The molecular formula is C20H36N2O5S. The van der Waals surface area contributed by atoms with Gasteiger partial charge in [-0.1, -0.05) is 27.7 Å². The Morgan fingerprint density at radius 2 is 1.36 bits per heavy atom. The van der Waals surface area contributed by atoms with E-state index in [1.807, 2.05) is 0 Å². The highest BCUT2D eigenvalue weighted by molar-refractivity contribution is 7.87. The van der Waals surface area contributed by atoms with Crippen molar-refractivity contribution in [3.63, 3.8) is 0 Å². The molecule has 7 nitrogen and oxygen atoms in total. The zero-order valence-corrected chi connectivity index (χ0v) is 19.1. The summed E-state index contributed by atoms with van der Waals surface area (Å²) in [5.74, 6) is 2.34. The van der Waals surface area contributed by atoms with Crippen LogP contribution in [0.25, 0.3) is 0 Å². The van der Waals surface area contributed by atoms with Crippen molar-refractivity contribution in [2.45, 2.75) is 47.1 Å². The number of methoxy groups -OCH3 is 3. The summed E-state index contributed by atoms with van der Waals surface area (Å²) < 4.78 is 46.0. The molecule has 1 aromatic carbocycles. The van der Waals surface area contributed by atoms with Gasteiger partial charge in [-0.2, -0.15) is 17.4 Å². The van der Waals surface area contributed by atoms with Gasteiger partial charge in [0.25, 0.3) is 10.2 Å². The minimum Gasteiger partial charge on any atom is -0.493 e. The van der Waals surface area contributed by atoms with Gasteiger partial charge in [0.05, 0.1) is 21.3 Å². The van der Waals surface area contributed by atoms with Crippen molar-refractivity contribution in [2.24, 2.45) is 11.8 Å². The molecule has 0 aliphatic carbocycles. The van der Waals surface area contributed by atoms with E-state index in [9.17, 15) is 8.42 Å². The second-order valence-corrected chi connectivity index (χ2v) is 9.38. The summed E-state index contributed by atoms with van der Waals surface area (Å²) in [5.41, 5.74) is 0.728. The second kappa shape index (κ2) is 11.5. The molecule has 0 aliphatic heterocycles. The molecule has 0 aromatic heterocycles. The maximum Gasteiger partial charge on any atom is 0.279 e. The van der Waals surface area contributed by atoms with Crippen molar-refractivity contribution in [1.29, 1.82) is 0 Å². The van der Waals surface area contributed by atoms with Gasteiger partial charge >= 0.3 is 0 Å². The Labute approximate surface area is 170 Å². The van der Waals surface area contributed by atoms with Gasteiger partial charge in [-0.05, 0) is 42.4 Å². The average molecular weight is 417 g/mol. The van der Waals surface area contributed by atoms with E-state index >= 15 is 0 Å². The molecule has 0 atom stereocenters. The highest BCUT2D eigenvalue weighted by Gasteiger charge is 2.22. The minimum atomic E-state index is -3.60. The zero-order valence-electron chi connectivity index (χ0n) is 18.2. The van der Waals surface area contributed by atoms with E-state index in [4.69, 9.17) is 14.2 Å². The number of hydrogen-bond acceptors (Lipinski definition) is 5. The molecule has 0 unspecified atom stereocenters. The van der Waals surface area contributed by atoms with Crippen LogP contribution in [0.1, 0.15) is 46.1 Å². The molecule has 0 radical (unpaired) electrons. The molecular weight excluding hydrogens is 380 g/mol. The third-order valence-corrected chi connectivity index (χ3v) is 5.99. The van der Waals surface area contributed by atoms with Crippen LogP contribution >= 0.6 is 0 Å². The third-order valence-electron chi connectivity index (χ3n) is 4.43. The van der Waals surface area contributed by atoms with Gasteiger partial charge in [0.15, 0.2) is 11.5 Å². The van der Waals surface area contributed by atoms with Gasteiger partial charge in [-0.3, -0.25) is 0 Å². The molecule has 0 spiro atoms. The monoisotopic (exact) mass is 416 g/mol.